The van der Waals surface area contributed by atoms with Crippen molar-refractivity contribution in [1.82, 2.24) is 4.90 Å². The predicted molar refractivity (Wildman–Crippen MR) is 71.5 cm³/mol. The highest BCUT2D eigenvalue weighted by atomic mass is 19.1. The second-order valence-corrected chi connectivity index (χ2v) is 4.77. The zero-order valence-corrected chi connectivity index (χ0v) is 11.1. The lowest BCUT2D eigenvalue weighted by molar-refractivity contribution is -0.117. The van der Waals surface area contributed by atoms with E-state index >= 15 is 0 Å². The molecule has 1 aliphatic rings. The van der Waals surface area contributed by atoms with Crippen molar-refractivity contribution in [1.29, 1.82) is 0 Å². The zero-order valence-electron chi connectivity index (χ0n) is 11.1. The molecular weight excluding hydrogens is 247 g/mol. The van der Waals surface area contributed by atoms with Crippen molar-refractivity contribution in [3.05, 3.63) is 30.1 Å². The maximum atomic E-state index is 12.7. The van der Waals surface area contributed by atoms with Crippen LogP contribution in [-0.4, -0.2) is 43.7 Å². The van der Waals surface area contributed by atoms with Gasteiger partial charge in [0.15, 0.2) is 0 Å². The maximum absolute atomic E-state index is 12.7. The number of carbonyl (C=O) groups is 1. The Hall–Kier alpha value is -1.46. The summed E-state index contributed by atoms with van der Waals surface area (Å²) in [6.07, 6.45) is 2.23. The van der Waals surface area contributed by atoms with Gasteiger partial charge in [-0.05, 0) is 37.1 Å². The van der Waals surface area contributed by atoms with Gasteiger partial charge < -0.3 is 10.1 Å². The highest BCUT2D eigenvalue weighted by molar-refractivity contribution is 5.92. The monoisotopic (exact) mass is 266 g/mol. The van der Waals surface area contributed by atoms with E-state index in [4.69, 9.17) is 4.74 Å². The summed E-state index contributed by atoms with van der Waals surface area (Å²) in [5.74, 6) is -0.373. The van der Waals surface area contributed by atoms with Crippen molar-refractivity contribution < 1.29 is 13.9 Å². The third kappa shape index (κ3) is 4.29. The first kappa shape index (κ1) is 14.0. The minimum absolute atomic E-state index is 0.0672. The molecule has 0 bridgehead atoms. The van der Waals surface area contributed by atoms with Crippen LogP contribution in [0.3, 0.4) is 0 Å². The number of rotatable bonds is 4. The summed E-state index contributed by atoms with van der Waals surface area (Å²) in [7, 11) is 1.72. The molecule has 104 valence electrons. The molecule has 2 rings (SSSR count). The number of nitrogens with zero attached hydrogens (tertiary/aromatic N) is 1. The smallest absolute Gasteiger partial charge is 0.238 e. The fourth-order valence-electron chi connectivity index (χ4n) is 2.24. The van der Waals surface area contributed by atoms with E-state index < -0.39 is 0 Å². The van der Waals surface area contributed by atoms with Crippen molar-refractivity contribution in [3.8, 4) is 0 Å². The molecule has 0 saturated carbocycles. The molecule has 5 heteroatoms. The standard InChI is InChI=1S/C14H19FN2O2/c1-19-13-6-8-17(9-7-13)10-14(18)16-12-4-2-11(15)3-5-12/h2-5,13H,6-10H2,1H3,(H,16,18). The number of ether oxygens (including phenoxy) is 1. The van der Waals surface area contributed by atoms with Gasteiger partial charge in [-0.25, -0.2) is 4.39 Å². The number of nitrogens with one attached hydrogen (secondary N) is 1. The number of carbonyl (C=O) groups excluding carboxylic acids is 1. The molecule has 1 saturated heterocycles. The molecule has 19 heavy (non-hydrogen) atoms. The molecule has 1 aromatic rings. The average Bonchev–Trinajstić information content (AvgIpc) is 2.42. The van der Waals surface area contributed by atoms with Crippen LogP contribution >= 0.6 is 0 Å². The lowest BCUT2D eigenvalue weighted by Gasteiger charge is -2.30. The number of halogens is 1. The summed E-state index contributed by atoms with van der Waals surface area (Å²) in [4.78, 5) is 13.9. The maximum Gasteiger partial charge on any atom is 0.238 e. The highest BCUT2D eigenvalue weighted by Gasteiger charge is 2.20. The molecule has 1 amide bonds. The average molecular weight is 266 g/mol. The zero-order chi connectivity index (χ0) is 13.7. The second-order valence-electron chi connectivity index (χ2n) is 4.77. The fourth-order valence-corrected chi connectivity index (χ4v) is 2.24. The van der Waals surface area contributed by atoms with Crippen LogP contribution in [0.1, 0.15) is 12.8 Å². The SMILES string of the molecule is COC1CCN(CC(=O)Nc2ccc(F)cc2)CC1. The van der Waals surface area contributed by atoms with Gasteiger partial charge in [0.05, 0.1) is 12.6 Å². The number of likely N-dealkylation sites (tertiary alicyclic amines) is 1. The van der Waals surface area contributed by atoms with Crippen molar-refractivity contribution in [2.75, 3.05) is 32.1 Å². The molecule has 1 aliphatic heterocycles. The van der Waals surface area contributed by atoms with Gasteiger partial charge in [0.25, 0.3) is 0 Å². The molecule has 0 atom stereocenters. The Morgan fingerprint density at radius 1 is 1.37 bits per heavy atom. The van der Waals surface area contributed by atoms with E-state index in [1.54, 1.807) is 19.2 Å². The minimum Gasteiger partial charge on any atom is -0.381 e. The van der Waals surface area contributed by atoms with Crippen molar-refractivity contribution in [2.45, 2.75) is 18.9 Å². The molecule has 1 N–H and O–H groups in total. The molecule has 1 aromatic carbocycles. The third-order valence-electron chi connectivity index (χ3n) is 3.36. The van der Waals surface area contributed by atoms with Crippen LogP contribution in [0.4, 0.5) is 10.1 Å². The Balaban J connectivity index is 1.77. The molecule has 0 radical (unpaired) electrons. The Morgan fingerprint density at radius 3 is 2.58 bits per heavy atom. The lowest BCUT2D eigenvalue weighted by Crippen LogP contribution is -2.41. The predicted octanol–water partition coefficient (Wildman–Crippen LogP) is 1.87. The van der Waals surface area contributed by atoms with Crippen LogP contribution in [0.25, 0.3) is 0 Å². The molecule has 1 fully saturated rings. The Labute approximate surface area is 112 Å². The van der Waals surface area contributed by atoms with Gasteiger partial charge in [0.2, 0.25) is 5.91 Å². The number of anilines is 1. The van der Waals surface area contributed by atoms with Gasteiger partial charge in [0, 0.05) is 25.9 Å². The van der Waals surface area contributed by atoms with Crippen LogP contribution in [0, 0.1) is 5.82 Å². The van der Waals surface area contributed by atoms with E-state index in [0.29, 0.717) is 18.3 Å². The first-order valence-corrected chi connectivity index (χ1v) is 6.48. The molecule has 0 spiro atoms. The summed E-state index contributed by atoms with van der Waals surface area (Å²) in [6, 6.07) is 5.79. The van der Waals surface area contributed by atoms with Crippen LogP contribution in [0.5, 0.6) is 0 Å². The largest absolute Gasteiger partial charge is 0.381 e. The van der Waals surface area contributed by atoms with Gasteiger partial charge in [-0.1, -0.05) is 0 Å². The van der Waals surface area contributed by atoms with Crippen LogP contribution in [0.2, 0.25) is 0 Å². The van der Waals surface area contributed by atoms with Gasteiger partial charge in [-0.15, -0.1) is 0 Å². The quantitative estimate of drug-likeness (QED) is 0.904. The number of benzene rings is 1. The normalized spacial score (nSPS) is 17.4. The van der Waals surface area contributed by atoms with Gasteiger partial charge >= 0.3 is 0 Å². The van der Waals surface area contributed by atoms with Gasteiger partial charge in [0.1, 0.15) is 5.82 Å². The van der Waals surface area contributed by atoms with Crippen molar-refractivity contribution in [3.63, 3.8) is 0 Å². The molecule has 4 nitrogen and oxygen atoms in total. The fraction of sp³-hybridized carbons (Fsp3) is 0.500. The van der Waals surface area contributed by atoms with Crippen LogP contribution < -0.4 is 5.32 Å². The molecular formula is C14H19FN2O2. The second kappa shape index (κ2) is 6.63. The Kier molecular flexibility index (Phi) is 4.87. The Bertz CT molecular complexity index is 414. The highest BCUT2D eigenvalue weighted by Crippen LogP contribution is 2.13. The van der Waals surface area contributed by atoms with E-state index in [0.717, 1.165) is 25.9 Å². The number of hydrogen-bond acceptors (Lipinski definition) is 3. The third-order valence-corrected chi connectivity index (χ3v) is 3.36. The van der Waals surface area contributed by atoms with E-state index in [-0.39, 0.29) is 11.7 Å². The number of piperidine rings is 1. The first-order valence-electron chi connectivity index (χ1n) is 6.48. The molecule has 0 aromatic heterocycles. The number of amides is 1. The summed E-state index contributed by atoms with van der Waals surface area (Å²) in [6.45, 7) is 2.11. The number of hydrogen-bond donors (Lipinski definition) is 1. The molecule has 0 aliphatic carbocycles. The van der Waals surface area contributed by atoms with Crippen LogP contribution in [-0.2, 0) is 9.53 Å². The Morgan fingerprint density at radius 2 is 2.00 bits per heavy atom. The van der Waals surface area contributed by atoms with E-state index in [1.807, 2.05) is 0 Å². The summed E-state index contributed by atoms with van der Waals surface area (Å²) < 4.78 is 18.0. The summed E-state index contributed by atoms with van der Waals surface area (Å²) >= 11 is 0. The topological polar surface area (TPSA) is 41.6 Å². The van der Waals surface area contributed by atoms with Gasteiger partial charge in [-0.3, -0.25) is 9.69 Å². The summed E-state index contributed by atoms with van der Waals surface area (Å²) in [5.41, 5.74) is 0.623. The van der Waals surface area contributed by atoms with Crippen molar-refractivity contribution in [2.24, 2.45) is 0 Å². The number of methoxy groups -OCH3 is 1. The van der Waals surface area contributed by atoms with Gasteiger partial charge in [-0.2, -0.15) is 0 Å². The lowest BCUT2D eigenvalue weighted by atomic mass is 10.1. The van der Waals surface area contributed by atoms with E-state index in [9.17, 15) is 9.18 Å². The first-order chi connectivity index (χ1) is 9.17. The minimum atomic E-state index is -0.306. The van der Waals surface area contributed by atoms with E-state index in [2.05, 4.69) is 10.2 Å². The summed E-state index contributed by atoms with van der Waals surface area (Å²) in [5, 5.41) is 2.76. The van der Waals surface area contributed by atoms with Crippen LogP contribution in [0.15, 0.2) is 24.3 Å². The van der Waals surface area contributed by atoms with E-state index in [1.165, 1.54) is 12.1 Å². The molecule has 0 unspecified atom stereocenters. The van der Waals surface area contributed by atoms with Crippen molar-refractivity contribution >= 4 is 11.6 Å². The molecule has 1 heterocycles.